The lowest BCUT2D eigenvalue weighted by Crippen LogP contribution is -2.03. The Kier molecular flexibility index (Phi) is 4.35. The Bertz CT molecular complexity index is 596. The summed E-state index contributed by atoms with van der Waals surface area (Å²) in [6.07, 6.45) is 0. The zero-order valence-corrected chi connectivity index (χ0v) is 11.7. The maximum atomic E-state index is 9.75. The van der Waals surface area contributed by atoms with Gasteiger partial charge in [-0.2, -0.15) is 0 Å². The van der Waals surface area contributed by atoms with E-state index in [2.05, 4.69) is 5.32 Å². The van der Waals surface area contributed by atoms with Crippen molar-refractivity contribution < 1.29 is 14.9 Å². The van der Waals surface area contributed by atoms with Gasteiger partial charge in [0.2, 0.25) is 0 Å². The van der Waals surface area contributed by atoms with Crippen LogP contribution in [0.4, 0.5) is 5.69 Å². The highest BCUT2D eigenvalue weighted by atomic mass is 16.5. The Morgan fingerprint density at radius 3 is 2.60 bits per heavy atom. The number of phenols is 2. The van der Waals surface area contributed by atoms with Gasteiger partial charge in [0.1, 0.15) is 17.2 Å². The van der Waals surface area contributed by atoms with Crippen LogP contribution in [0.1, 0.15) is 18.1 Å². The topological polar surface area (TPSA) is 61.7 Å². The fourth-order valence-corrected chi connectivity index (χ4v) is 1.94. The van der Waals surface area contributed by atoms with Crippen LogP contribution in [-0.2, 0) is 6.54 Å². The summed E-state index contributed by atoms with van der Waals surface area (Å²) in [6, 6.07) is 10.5. The Hall–Kier alpha value is -2.36. The van der Waals surface area contributed by atoms with Gasteiger partial charge >= 0.3 is 0 Å². The van der Waals surface area contributed by atoms with Gasteiger partial charge in [0.05, 0.1) is 12.3 Å². The number of aryl methyl sites for hydroxylation is 1. The van der Waals surface area contributed by atoms with Crippen LogP contribution in [0, 0.1) is 6.92 Å². The first-order chi connectivity index (χ1) is 9.60. The molecule has 20 heavy (non-hydrogen) atoms. The zero-order valence-electron chi connectivity index (χ0n) is 11.7. The molecule has 0 spiro atoms. The molecule has 0 aliphatic carbocycles. The van der Waals surface area contributed by atoms with Crippen LogP contribution in [0.5, 0.6) is 17.2 Å². The van der Waals surface area contributed by atoms with Gasteiger partial charge in [-0.05, 0) is 43.7 Å². The standard InChI is InChI=1S/C16H19NO3/c1-3-20-16-8-11(2)4-7-14(16)17-10-12-5-6-13(18)9-15(12)19/h4-9,17-19H,3,10H2,1-2H3. The third kappa shape index (κ3) is 3.35. The molecular weight excluding hydrogens is 254 g/mol. The first-order valence-electron chi connectivity index (χ1n) is 6.58. The van der Waals surface area contributed by atoms with Gasteiger partial charge < -0.3 is 20.3 Å². The minimum Gasteiger partial charge on any atom is -0.508 e. The van der Waals surface area contributed by atoms with Gasteiger partial charge in [-0.15, -0.1) is 0 Å². The number of hydrogen-bond acceptors (Lipinski definition) is 4. The van der Waals surface area contributed by atoms with Gasteiger partial charge in [0, 0.05) is 18.2 Å². The smallest absolute Gasteiger partial charge is 0.142 e. The molecule has 2 aromatic carbocycles. The molecule has 0 saturated carbocycles. The molecular formula is C16H19NO3. The molecule has 4 heteroatoms. The highest BCUT2D eigenvalue weighted by Gasteiger charge is 2.06. The van der Waals surface area contributed by atoms with Crippen LogP contribution < -0.4 is 10.1 Å². The molecule has 0 aromatic heterocycles. The van der Waals surface area contributed by atoms with Crippen molar-refractivity contribution in [2.75, 3.05) is 11.9 Å². The average molecular weight is 273 g/mol. The van der Waals surface area contributed by atoms with E-state index in [1.807, 2.05) is 32.0 Å². The van der Waals surface area contributed by atoms with Crippen molar-refractivity contribution in [3.05, 3.63) is 47.5 Å². The summed E-state index contributed by atoms with van der Waals surface area (Å²) in [5.74, 6) is 0.921. The summed E-state index contributed by atoms with van der Waals surface area (Å²) < 4.78 is 5.59. The lowest BCUT2D eigenvalue weighted by atomic mass is 10.1. The van der Waals surface area contributed by atoms with Crippen molar-refractivity contribution in [1.29, 1.82) is 0 Å². The van der Waals surface area contributed by atoms with Crippen molar-refractivity contribution in [3.63, 3.8) is 0 Å². The molecule has 0 aliphatic heterocycles. The highest BCUT2D eigenvalue weighted by Crippen LogP contribution is 2.28. The molecule has 2 rings (SSSR count). The number of rotatable bonds is 5. The molecule has 0 fully saturated rings. The fraction of sp³-hybridized carbons (Fsp3) is 0.250. The van der Waals surface area contributed by atoms with Crippen molar-refractivity contribution in [2.45, 2.75) is 20.4 Å². The normalized spacial score (nSPS) is 10.3. The molecule has 0 bridgehead atoms. The summed E-state index contributed by atoms with van der Waals surface area (Å²) in [6.45, 7) is 5.01. The highest BCUT2D eigenvalue weighted by molar-refractivity contribution is 5.58. The zero-order chi connectivity index (χ0) is 14.5. The molecule has 3 N–H and O–H groups in total. The molecule has 2 aromatic rings. The lowest BCUT2D eigenvalue weighted by molar-refractivity contribution is 0.341. The van der Waals surface area contributed by atoms with Gasteiger partial charge in [-0.3, -0.25) is 0 Å². The van der Waals surface area contributed by atoms with Crippen molar-refractivity contribution >= 4 is 5.69 Å². The van der Waals surface area contributed by atoms with Crippen LogP contribution in [0.25, 0.3) is 0 Å². The number of aromatic hydroxyl groups is 2. The molecule has 0 heterocycles. The van der Waals surface area contributed by atoms with E-state index in [-0.39, 0.29) is 11.5 Å². The SMILES string of the molecule is CCOc1cc(C)ccc1NCc1ccc(O)cc1O. The van der Waals surface area contributed by atoms with E-state index >= 15 is 0 Å². The maximum Gasteiger partial charge on any atom is 0.142 e. The van der Waals surface area contributed by atoms with E-state index in [0.717, 1.165) is 17.0 Å². The Balaban J connectivity index is 2.14. The summed E-state index contributed by atoms with van der Waals surface area (Å²) in [4.78, 5) is 0. The number of phenolic OH excluding ortho intramolecular Hbond substituents is 2. The maximum absolute atomic E-state index is 9.75. The van der Waals surface area contributed by atoms with E-state index in [0.29, 0.717) is 18.7 Å². The Labute approximate surface area is 118 Å². The summed E-state index contributed by atoms with van der Waals surface area (Å²) in [5.41, 5.74) is 2.72. The second-order valence-corrected chi connectivity index (χ2v) is 4.60. The van der Waals surface area contributed by atoms with E-state index in [4.69, 9.17) is 4.74 Å². The van der Waals surface area contributed by atoms with E-state index < -0.39 is 0 Å². The van der Waals surface area contributed by atoms with E-state index in [1.54, 1.807) is 12.1 Å². The van der Waals surface area contributed by atoms with Gasteiger partial charge in [0.25, 0.3) is 0 Å². The number of anilines is 1. The number of hydrogen-bond donors (Lipinski definition) is 3. The largest absolute Gasteiger partial charge is 0.508 e. The molecule has 0 amide bonds. The molecule has 0 aliphatic rings. The minimum atomic E-state index is 0.0524. The van der Waals surface area contributed by atoms with Crippen LogP contribution in [-0.4, -0.2) is 16.8 Å². The summed E-state index contributed by atoms with van der Waals surface area (Å²) in [5, 5.41) is 22.3. The van der Waals surface area contributed by atoms with Gasteiger partial charge in [0.15, 0.2) is 0 Å². The van der Waals surface area contributed by atoms with Crippen LogP contribution in [0.15, 0.2) is 36.4 Å². The van der Waals surface area contributed by atoms with Crippen LogP contribution in [0.3, 0.4) is 0 Å². The van der Waals surface area contributed by atoms with Crippen LogP contribution in [0.2, 0.25) is 0 Å². The first kappa shape index (κ1) is 14.1. The Morgan fingerprint density at radius 1 is 1.10 bits per heavy atom. The number of benzene rings is 2. The summed E-state index contributed by atoms with van der Waals surface area (Å²) >= 11 is 0. The molecule has 4 nitrogen and oxygen atoms in total. The van der Waals surface area contributed by atoms with Crippen molar-refractivity contribution in [1.82, 2.24) is 0 Å². The van der Waals surface area contributed by atoms with Gasteiger partial charge in [-0.25, -0.2) is 0 Å². The van der Waals surface area contributed by atoms with Crippen LogP contribution >= 0.6 is 0 Å². The third-order valence-corrected chi connectivity index (χ3v) is 2.98. The first-order valence-corrected chi connectivity index (χ1v) is 6.58. The van der Waals surface area contributed by atoms with E-state index in [9.17, 15) is 10.2 Å². The van der Waals surface area contributed by atoms with E-state index in [1.165, 1.54) is 6.07 Å². The molecule has 0 unspecified atom stereocenters. The number of nitrogens with one attached hydrogen (secondary N) is 1. The van der Waals surface area contributed by atoms with Crippen molar-refractivity contribution in [2.24, 2.45) is 0 Å². The van der Waals surface area contributed by atoms with Crippen molar-refractivity contribution in [3.8, 4) is 17.2 Å². The molecule has 0 atom stereocenters. The fourth-order valence-electron chi connectivity index (χ4n) is 1.94. The lowest BCUT2D eigenvalue weighted by Gasteiger charge is -2.14. The molecule has 0 saturated heterocycles. The Morgan fingerprint density at radius 2 is 1.90 bits per heavy atom. The molecule has 106 valence electrons. The second-order valence-electron chi connectivity index (χ2n) is 4.60. The number of ether oxygens (including phenoxy) is 1. The summed E-state index contributed by atoms with van der Waals surface area (Å²) in [7, 11) is 0. The average Bonchev–Trinajstić information content (AvgIpc) is 2.40. The molecule has 0 radical (unpaired) electrons. The van der Waals surface area contributed by atoms with Gasteiger partial charge in [-0.1, -0.05) is 6.07 Å². The predicted molar refractivity (Wildman–Crippen MR) is 79.4 cm³/mol. The quantitative estimate of drug-likeness (QED) is 0.781. The monoisotopic (exact) mass is 273 g/mol. The third-order valence-electron chi connectivity index (χ3n) is 2.98. The second kappa shape index (κ2) is 6.19. The predicted octanol–water partition coefficient (Wildman–Crippen LogP) is 3.42. The minimum absolute atomic E-state index is 0.0524.